The van der Waals surface area contributed by atoms with Crippen molar-refractivity contribution in [2.75, 3.05) is 18.1 Å². The SMILES string of the molecule is CC(=O)O[C@H]1C(=O)[C@]2(C)[C@@H](OC(=O)CSCC(=O)C(C)C)C[C@H]3OC[C@@]3(OC(C)=O)[C@H]2[C@H](OC(=O)c2ccccc2)[C@]2(O)C[C@H](OC(=O)[C@H](O)[C@@H](NC(=O)c3ccccc3)c3ccccc3)C(C)=C1C2(C)C. The van der Waals surface area contributed by atoms with Gasteiger partial charge in [-0.1, -0.05) is 94.4 Å². The Balaban J connectivity index is 1.40. The first kappa shape index (κ1) is 53.6. The van der Waals surface area contributed by atoms with E-state index < -0.39 is 119 Å². The standard InChI is InChI=1S/C54H61NO16S/c1-29(2)36(58)26-72-27-40(59)69-38-24-39-53(28-66-39,71-32(5)57)45-47(70-49(63)35-22-16-11-17-23-35)54(65)25-37(30(3)41(51(54,6)7)44(67-31(4)56)46(61)52(38,45)8)68-50(64)43(60)42(33-18-12-9-13-19-33)55-48(62)34-20-14-10-15-21-34/h9-23,29,37-39,42-45,47,60,65H,24-28H2,1-8H3,(H,55,62)/t37-,38-,39+,42-,43+,44+,45-,47-,52+,53-,54+/m0/s1. The molecule has 3 N–H and O–H groups in total. The summed E-state index contributed by atoms with van der Waals surface area (Å²) in [6.07, 6.45) is -10.9. The monoisotopic (exact) mass is 1010 g/mol. The van der Waals surface area contributed by atoms with Crippen molar-refractivity contribution in [3.63, 3.8) is 0 Å². The fourth-order valence-electron chi connectivity index (χ4n) is 10.9. The molecule has 2 saturated carbocycles. The summed E-state index contributed by atoms with van der Waals surface area (Å²) in [4.78, 5) is 112. The molecule has 0 aromatic heterocycles. The Morgan fingerprint density at radius 2 is 1.40 bits per heavy atom. The lowest BCUT2D eigenvalue weighted by molar-refractivity contribution is -0.346. The van der Waals surface area contributed by atoms with E-state index in [0.29, 0.717) is 5.56 Å². The number of thioether (sulfide) groups is 1. The largest absolute Gasteiger partial charge is 0.461 e. The number of benzene rings is 3. The van der Waals surface area contributed by atoms with Crippen molar-refractivity contribution >= 4 is 59.1 Å². The fraction of sp³-hybridized carbons (Fsp3) is 0.481. The van der Waals surface area contributed by atoms with Crippen LogP contribution in [0.4, 0.5) is 0 Å². The van der Waals surface area contributed by atoms with E-state index in [1.54, 1.807) is 107 Å². The van der Waals surface area contributed by atoms with E-state index in [1.165, 1.54) is 26.0 Å². The Morgan fingerprint density at radius 1 is 0.806 bits per heavy atom. The zero-order valence-corrected chi connectivity index (χ0v) is 42.2. The second-order valence-electron chi connectivity index (χ2n) is 19.9. The zero-order chi connectivity index (χ0) is 52.5. The minimum Gasteiger partial charge on any atom is -0.461 e. The predicted octanol–water partition coefficient (Wildman–Crippen LogP) is 5.24. The number of fused-ring (bicyclic) bond motifs is 5. The quantitative estimate of drug-likeness (QED) is 0.0943. The van der Waals surface area contributed by atoms with E-state index in [1.807, 2.05) is 0 Å². The summed E-state index contributed by atoms with van der Waals surface area (Å²) in [7, 11) is 0. The van der Waals surface area contributed by atoms with E-state index in [0.717, 1.165) is 25.6 Å². The van der Waals surface area contributed by atoms with Crippen LogP contribution in [0.15, 0.2) is 102 Å². The third kappa shape index (κ3) is 9.97. The Bertz CT molecular complexity index is 2620. The van der Waals surface area contributed by atoms with E-state index in [-0.39, 0.29) is 58.5 Å². The highest BCUT2D eigenvalue weighted by Crippen LogP contribution is 2.65. The van der Waals surface area contributed by atoms with Gasteiger partial charge in [-0.2, -0.15) is 0 Å². The van der Waals surface area contributed by atoms with Gasteiger partial charge in [0.05, 0.1) is 41.1 Å². The molecular formula is C54H61NO16S. The van der Waals surface area contributed by atoms with Gasteiger partial charge in [0.15, 0.2) is 23.6 Å². The van der Waals surface area contributed by atoms with Gasteiger partial charge in [-0.3, -0.25) is 28.8 Å². The molecule has 3 fully saturated rings. The lowest BCUT2D eigenvalue weighted by atomic mass is 9.44. The highest BCUT2D eigenvalue weighted by Gasteiger charge is 2.79. The molecule has 0 radical (unpaired) electrons. The molecule has 2 bridgehead atoms. The maximum absolute atomic E-state index is 16.2. The number of carbonyl (C=O) groups excluding carboxylic acids is 8. The van der Waals surface area contributed by atoms with E-state index in [9.17, 15) is 43.8 Å². The van der Waals surface area contributed by atoms with Crippen LogP contribution in [-0.4, -0.2) is 123 Å². The average molecular weight is 1010 g/mol. The summed E-state index contributed by atoms with van der Waals surface area (Å²) in [6, 6.07) is 22.7. The van der Waals surface area contributed by atoms with Crippen LogP contribution in [0.2, 0.25) is 0 Å². The lowest BCUT2D eigenvalue weighted by Crippen LogP contribution is -2.82. The van der Waals surface area contributed by atoms with Crippen LogP contribution in [0, 0.1) is 22.7 Å². The first-order chi connectivity index (χ1) is 34.0. The number of ketones is 2. The van der Waals surface area contributed by atoms with Crippen molar-refractivity contribution < 1.29 is 77.0 Å². The van der Waals surface area contributed by atoms with Crippen LogP contribution in [0.25, 0.3) is 0 Å². The van der Waals surface area contributed by atoms with Crippen molar-refractivity contribution in [2.24, 2.45) is 22.7 Å². The third-order valence-corrected chi connectivity index (χ3v) is 15.8. The van der Waals surface area contributed by atoms with E-state index >= 15 is 4.79 Å². The summed E-state index contributed by atoms with van der Waals surface area (Å²) < 4.78 is 37.2. The fourth-order valence-corrected chi connectivity index (χ4v) is 11.8. The van der Waals surface area contributed by atoms with Gasteiger partial charge < -0.3 is 44.0 Å². The van der Waals surface area contributed by atoms with Crippen LogP contribution in [0.3, 0.4) is 0 Å². The van der Waals surface area contributed by atoms with Gasteiger partial charge in [-0.25, -0.2) is 9.59 Å². The van der Waals surface area contributed by atoms with E-state index in [2.05, 4.69) is 5.32 Å². The van der Waals surface area contributed by atoms with Gasteiger partial charge in [0.1, 0.15) is 35.8 Å². The molecule has 7 rings (SSSR count). The molecular weight excluding hydrogens is 951 g/mol. The van der Waals surface area contributed by atoms with Gasteiger partial charge in [0, 0.05) is 43.6 Å². The van der Waals surface area contributed by atoms with Gasteiger partial charge in [0.25, 0.3) is 5.91 Å². The Kier molecular flexibility index (Phi) is 15.7. The first-order valence-electron chi connectivity index (χ1n) is 23.8. The summed E-state index contributed by atoms with van der Waals surface area (Å²) in [5, 5.41) is 28.7. The van der Waals surface area contributed by atoms with Crippen molar-refractivity contribution in [1.29, 1.82) is 0 Å². The Labute approximate surface area is 421 Å². The second-order valence-corrected chi connectivity index (χ2v) is 20.9. The zero-order valence-electron chi connectivity index (χ0n) is 41.4. The average Bonchev–Trinajstić information content (AvgIpc) is 3.33. The number of amides is 1. The molecule has 3 aliphatic carbocycles. The summed E-state index contributed by atoms with van der Waals surface area (Å²) in [5.41, 5.74) is -7.59. The molecule has 3 aromatic carbocycles. The second kappa shape index (κ2) is 21.1. The minimum absolute atomic E-state index is 0.00283. The number of rotatable bonds is 16. The summed E-state index contributed by atoms with van der Waals surface area (Å²) in [6.45, 7) is 11.3. The van der Waals surface area contributed by atoms with Crippen molar-refractivity contribution in [2.45, 2.75) is 122 Å². The number of hydrogen-bond donors (Lipinski definition) is 3. The molecule has 11 atom stereocenters. The molecule has 0 spiro atoms. The van der Waals surface area contributed by atoms with Gasteiger partial charge in [0.2, 0.25) is 0 Å². The first-order valence-corrected chi connectivity index (χ1v) is 24.9. The molecule has 0 unspecified atom stereocenters. The lowest BCUT2D eigenvalue weighted by Gasteiger charge is -2.67. The number of Topliss-reactive ketones (excluding diaryl/α,β-unsaturated/α-hetero) is 2. The number of aliphatic hydroxyl groups is 2. The molecule has 3 aromatic rings. The topological polar surface area (TPSA) is 244 Å². The van der Waals surface area contributed by atoms with Crippen LogP contribution in [-0.2, 0) is 57.2 Å². The molecule has 18 heteroatoms. The molecule has 384 valence electrons. The normalized spacial score (nSPS) is 29.0. The van der Waals surface area contributed by atoms with E-state index in [4.69, 9.17) is 28.4 Å². The van der Waals surface area contributed by atoms with Gasteiger partial charge in [-0.05, 0) is 54.8 Å². The molecule has 1 saturated heterocycles. The molecule has 17 nitrogen and oxygen atoms in total. The van der Waals surface area contributed by atoms with Gasteiger partial charge in [-0.15, -0.1) is 11.8 Å². The number of esters is 5. The van der Waals surface area contributed by atoms with Crippen LogP contribution in [0.1, 0.15) is 101 Å². The molecule has 1 aliphatic heterocycles. The number of aliphatic hydroxyl groups excluding tert-OH is 1. The number of nitrogens with one attached hydrogen (secondary N) is 1. The van der Waals surface area contributed by atoms with Crippen molar-refractivity contribution in [1.82, 2.24) is 5.32 Å². The van der Waals surface area contributed by atoms with Gasteiger partial charge >= 0.3 is 29.8 Å². The number of hydrogen-bond acceptors (Lipinski definition) is 17. The van der Waals surface area contributed by atoms with Crippen LogP contribution < -0.4 is 5.32 Å². The van der Waals surface area contributed by atoms with Crippen LogP contribution in [0.5, 0.6) is 0 Å². The summed E-state index contributed by atoms with van der Waals surface area (Å²) in [5.74, 6) is -8.73. The molecule has 1 amide bonds. The Morgan fingerprint density at radius 3 is 1.96 bits per heavy atom. The highest BCUT2D eigenvalue weighted by molar-refractivity contribution is 8.00. The highest BCUT2D eigenvalue weighted by atomic mass is 32.2. The third-order valence-electron chi connectivity index (χ3n) is 14.8. The Hall–Kier alpha value is -6.21. The molecule has 72 heavy (non-hydrogen) atoms. The maximum atomic E-state index is 16.2. The summed E-state index contributed by atoms with van der Waals surface area (Å²) >= 11 is 1.01. The number of carbonyl (C=O) groups is 8. The molecule has 4 aliphatic rings. The molecule has 1 heterocycles. The van der Waals surface area contributed by atoms with Crippen molar-refractivity contribution in [3.8, 4) is 0 Å². The predicted molar refractivity (Wildman–Crippen MR) is 259 cm³/mol. The van der Waals surface area contributed by atoms with Crippen molar-refractivity contribution in [3.05, 3.63) is 119 Å². The van der Waals surface area contributed by atoms with Crippen LogP contribution >= 0.6 is 11.8 Å². The number of ether oxygens (including phenoxy) is 6. The maximum Gasteiger partial charge on any atom is 0.338 e. The smallest absolute Gasteiger partial charge is 0.338 e. The minimum atomic E-state index is -2.49.